The highest BCUT2D eigenvalue weighted by molar-refractivity contribution is 5.40. The summed E-state index contributed by atoms with van der Waals surface area (Å²) >= 11 is 0. The number of hydrogen-bond acceptors (Lipinski definition) is 16. The molecule has 0 radical (unpaired) electrons. The Kier molecular flexibility index (Phi) is 12.4. The van der Waals surface area contributed by atoms with E-state index in [0.29, 0.717) is 37.3 Å². The van der Waals surface area contributed by atoms with Crippen LogP contribution >= 0.6 is 0 Å². The first-order valence-electron chi connectivity index (χ1n) is 14.8. The smallest absolute Gasteiger partial charge is 0.229 e. The second-order valence-electron chi connectivity index (χ2n) is 11.7. The van der Waals surface area contributed by atoms with Gasteiger partial charge in [0.15, 0.2) is 0 Å². The summed E-state index contributed by atoms with van der Waals surface area (Å²) in [4.78, 5) is 3.86. The van der Waals surface area contributed by atoms with Crippen LogP contribution in [0.2, 0.25) is 0 Å². The molecular weight excluding hydrogens is 612 g/mol. The lowest BCUT2D eigenvalue weighted by Crippen LogP contribution is -2.60. The first-order chi connectivity index (χ1) is 21.8. The summed E-state index contributed by atoms with van der Waals surface area (Å²) in [6, 6.07) is 8.84. The quantitative estimate of drug-likeness (QED) is 0.103. The summed E-state index contributed by atoms with van der Waals surface area (Å²) in [5.74, 6) is 0.456. The Labute approximate surface area is 265 Å². The third-order valence-corrected chi connectivity index (χ3v) is 8.05. The molecular formula is C30H44N2O14. The number of nitrogens with zero attached hydrogens (tertiary/aromatic N) is 2. The predicted octanol–water partition coefficient (Wildman–Crippen LogP) is -2.98. The molecule has 2 aromatic carbocycles. The van der Waals surface area contributed by atoms with Gasteiger partial charge in [-0.25, -0.2) is 0 Å². The maximum atomic E-state index is 10.4. The van der Waals surface area contributed by atoms with Crippen LogP contribution in [0.1, 0.15) is 11.1 Å². The van der Waals surface area contributed by atoms with E-state index in [4.69, 9.17) is 18.9 Å². The molecule has 10 N–H and O–H groups in total. The van der Waals surface area contributed by atoms with Gasteiger partial charge in [-0.15, -0.1) is 0 Å². The second-order valence-corrected chi connectivity index (χ2v) is 11.7. The van der Waals surface area contributed by atoms with Gasteiger partial charge in [-0.05, 0) is 50.5 Å². The van der Waals surface area contributed by atoms with Crippen LogP contribution in [-0.4, -0.2) is 163 Å². The van der Waals surface area contributed by atoms with Crippen molar-refractivity contribution in [1.82, 2.24) is 9.80 Å². The maximum absolute atomic E-state index is 10.4. The molecule has 16 nitrogen and oxygen atoms in total. The highest BCUT2D eigenvalue weighted by Gasteiger charge is 2.45. The van der Waals surface area contributed by atoms with E-state index in [1.54, 1.807) is 12.1 Å². The van der Waals surface area contributed by atoms with E-state index in [0.717, 1.165) is 0 Å². The van der Waals surface area contributed by atoms with E-state index < -0.39 is 74.6 Å². The molecule has 10 atom stereocenters. The van der Waals surface area contributed by atoms with Crippen molar-refractivity contribution in [2.75, 3.05) is 40.4 Å². The fraction of sp³-hybridized carbons (Fsp3) is 0.600. The highest BCUT2D eigenvalue weighted by atomic mass is 16.7. The summed E-state index contributed by atoms with van der Waals surface area (Å²) in [6.45, 7) is 0.501. The minimum Gasteiger partial charge on any atom is -0.508 e. The molecule has 2 heterocycles. The molecule has 0 saturated carbocycles. The van der Waals surface area contributed by atoms with Gasteiger partial charge in [-0.3, -0.25) is 0 Å². The summed E-state index contributed by atoms with van der Waals surface area (Å²) in [6.07, 6.45) is -14.3. The number of hydrogen-bond donors (Lipinski definition) is 10. The van der Waals surface area contributed by atoms with Crippen molar-refractivity contribution in [1.29, 1.82) is 0 Å². The van der Waals surface area contributed by atoms with Crippen LogP contribution in [0.4, 0.5) is 0 Å². The number of aliphatic hydroxyl groups is 8. The van der Waals surface area contributed by atoms with Crippen molar-refractivity contribution < 1.29 is 70.0 Å². The second kappa shape index (κ2) is 15.8. The predicted molar refractivity (Wildman–Crippen MR) is 158 cm³/mol. The standard InChI is InChI=1S/C30H44N2O14/c1-31(11-15-9-17(3-5-19(15)35)43-29-27(41)25(39)23(37)21(13-33)45-29)7-8-32(2)12-16-10-18(4-6-20(16)36)44-30-28(42)26(40)24(38)22(14-34)46-30/h3-6,9-10,21-30,33-42H,7-8,11-14H2,1-2H3/t21-,22-,23-,24-,25+,26+,27-,28-,29-,30-/m1/s1. The molecule has 2 aliphatic rings. The minimum atomic E-state index is -1.59. The summed E-state index contributed by atoms with van der Waals surface area (Å²) < 4.78 is 22.1. The zero-order valence-electron chi connectivity index (χ0n) is 25.5. The van der Waals surface area contributed by atoms with Crippen molar-refractivity contribution in [3.63, 3.8) is 0 Å². The third kappa shape index (κ3) is 8.54. The van der Waals surface area contributed by atoms with E-state index in [1.165, 1.54) is 24.3 Å². The van der Waals surface area contributed by atoms with Gasteiger partial charge in [0.25, 0.3) is 0 Å². The van der Waals surface area contributed by atoms with Gasteiger partial charge in [-0.2, -0.15) is 0 Å². The van der Waals surface area contributed by atoms with Gasteiger partial charge < -0.3 is 79.8 Å². The van der Waals surface area contributed by atoms with E-state index in [9.17, 15) is 51.1 Å². The molecule has 16 heteroatoms. The zero-order valence-corrected chi connectivity index (χ0v) is 25.5. The number of aliphatic hydroxyl groups excluding tert-OH is 8. The highest BCUT2D eigenvalue weighted by Crippen LogP contribution is 2.30. The van der Waals surface area contributed by atoms with E-state index in [1.807, 2.05) is 23.9 Å². The normalized spacial score (nSPS) is 31.7. The van der Waals surface area contributed by atoms with Crippen molar-refractivity contribution in [3.05, 3.63) is 47.5 Å². The number of aromatic hydroxyl groups is 2. The number of likely N-dealkylation sites (N-methyl/N-ethyl adjacent to an activating group) is 2. The van der Waals surface area contributed by atoms with Gasteiger partial charge in [0.05, 0.1) is 13.2 Å². The molecule has 0 aliphatic carbocycles. The lowest BCUT2D eigenvalue weighted by molar-refractivity contribution is -0.277. The molecule has 2 fully saturated rings. The van der Waals surface area contributed by atoms with Crippen LogP contribution in [0.3, 0.4) is 0 Å². The van der Waals surface area contributed by atoms with Crippen LogP contribution in [0.5, 0.6) is 23.0 Å². The topological polar surface area (TPSA) is 246 Å². The summed E-state index contributed by atoms with van der Waals surface area (Å²) in [5.41, 5.74) is 1.01. The first kappa shape index (κ1) is 36.0. The lowest BCUT2D eigenvalue weighted by atomic mass is 9.99. The molecule has 4 rings (SSSR count). The maximum Gasteiger partial charge on any atom is 0.229 e. The molecule has 0 bridgehead atoms. The van der Waals surface area contributed by atoms with Gasteiger partial charge in [0.1, 0.15) is 71.8 Å². The molecule has 0 amide bonds. The molecule has 2 aliphatic heterocycles. The summed E-state index contributed by atoms with van der Waals surface area (Å²) in [7, 11) is 3.68. The number of phenols is 2. The van der Waals surface area contributed by atoms with Crippen LogP contribution in [0, 0.1) is 0 Å². The number of ether oxygens (including phenoxy) is 4. The molecule has 258 valence electrons. The van der Waals surface area contributed by atoms with Crippen LogP contribution in [0.25, 0.3) is 0 Å². The van der Waals surface area contributed by atoms with E-state index in [-0.39, 0.29) is 23.0 Å². The fourth-order valence-electron chi connectivity index (χ4n) is 5.20. The molecule has 2 saturated heterocycles. The van der Waals surface area contributed by atoms with Crippen molar-refractivity contribution in [3.8, 4) is 23.0 Å². The Morgan fingerprint density at radius 2 is 0.957 bits per heavy atom. The Hall–Kier alpha value is -2.84. The van der Waals surface area contributed by atoms with Gasteiger partial charge >= 0.3 is 0 Å². The molecule has 2 aromatic rings. The van der Waals surface area contributed by atoms with Gasteiger partial charge in [0, 0.05) is 37.3 Å². The zero-order chi connectivity index (χ0) is 33.7. The van der Waals surface area contributed by atoms with Gasteiger partial charge in [0.2, 0.25) is 12.6 Å². The first-order valence-corrected chi connectivity index (χ1v) is 14.8. The average molecular weight is 657 g/mol. The van der Waals surface area contributed by atoms with Crippen LogP contribution in [-0.2, 0) is 22.6 Å². The Morgan fingerprint density at radius 3 is 1.30 bits per heavy atom. The lowest BCUT2D eigenvalue weighted by Gasteiger charge is -2.39. The fourth-order valence-corrected chi connectivity index (χ4v) is 5.20. The molecule has 0 unspecified atom stereocenters. The molecule has 46 heavy (non-hydrogen) atoms. The molecule has 0 aromatic heterocycles. The Morgan fingerprint density at radius 1 is 0.587 bits per heavy atom. The number of phenolic OH excluding ortho intramolecular Hbond substituents is 2. The van der Waals surface area contributed by atoms with Crippen LogP contribution in [0.15, 0.2) is 36.4 Å². The third-order valence-electron chi connectivity index (χ3n) is 8.05. The van der Waals surface area contributed by atoms with Gasteiger partial charge in [-0.1, -0.05) is 0 Å². The minimum absolute atomic E-state index is 0.00231. The monoisotopic (exact) mass is 656 g/mol. The largest absolute Gasteiger partial charge is 0.508 e. The van der Waals surface area contributed by atoms with Crippen molar-refractivity contribution in [2.24, 2.45) is 0 Å². The Balaban J connectivity index is 1.31. The number of rotatable bonds is 13. The van der Waals surface area contributed by atoms with E-state index >= 15 is 0 Å². The van der Waals surface area contributed by atoms with E-state index in [2.05, 4.69) is 0 Å². The van der Waals surface area contributed by atoms with Crippen LogP contribution < -0.4 is 9.47 Å². The van der Waals surface area contributed by atoms with Crippen molar-refractivity contribution >= 4 is 0 Å². The summed E-state index contributed by atoms with van der Waals surface area (Å²) in [5, 5.41) is 100. The number of benzene rings is 2. The average Bonchev–Trinajstić information content (AvgIpc) is 3.03. The van der Waals surface area contributed by atoms with Crippen molar-refractivity contribution in [2.45, 2.75) is 74.5 Å². The molecule has 0 spiro atoms. The Bertz CT molecular complexity index is 1170. The SMILES string of the molecule is CN(CCN(C)Cc1cc(O[C@@H]2O[C@H](CO)[C@@H](O)[C@H](O)[C@H]2O)ccc1O)Cc1cc(O[C@@H]2O[C@H](CO)[C@@H](O)[C@H](O)[C@H]2O)ccc1O.